The van der Waals surface area contributed by atoms with Crippen molar-refractivity contribution in [1.29, 1.82) is 0 Å². The van der Waals surface area contributed by atoms with E-state index in [1.807, 2.05) is 4.98 Å². The van der Waals surface area contributed by atoms with Gasteiger partial charge >= 0.3 is 23.7 Å². The van der Waals surface area contributed by atoms with Crippen LogP contribution in [0.4, 0.5) is 32.3 Å². The summed E-state index contributed by atoms with van der Waals surface area (Å²) >= 11 is 0. The monoisotopic (exact) mass is 396 g/mol. The van der Waals surface area contributed by atoms with Crippen LogP contribution < -0.4 is 16.7 Å². The minimum Gasteiger partial charge on any atom is -0.349 e. The Morgan fingerprint density at radius 3 is 2.26 bits per heavy atom. The zero-order valence-electron chi connectivity index (χ0n) is 13.9. The molecule has 0 amide bonds. The van der Waals surface area contributed by atoms with Crippen LogP contribution in [0.3, 0.4) is 0 Å². The Hall–Kier alpha value is -2.79. The summed E-state index contributed by atoms with van der Waals surface area (Å²) in [6.07, 6.45) is -9.39. The van der Waals surface area contributed by atoms with Crippen LogP contribution in [0.15, 0.2) is 33.9 Å². The van der Waals surface area contributed by atoms with Gasteiger partial charge in [-0.1, -0.05) is 12.1 Å². The van der Waals surface area contributed by atoms with Crippen LogP contribution in [0, 0.1) is 0 Å². The van der Waals surface area contributed by atoms with Gasteiger partial charge in [-0.25, -0.2) is 14.2 Å². The zero-order valence-corrected chi connectivity index (χ0v) is 13.9. The predicted octanol–water partition coefficient (Wildman–Crippen LogP) is 3.25. The first-order chi connectivity index (χ1) is 12.3. The van der Waals surface area contributed by atoms with Crippen LogP contribution >= 0.6 is 0 Å². The highest BCUT2D eigenvalue weighted by Crippen LogP contribution is 2.31. The maximum Gasteiger partial charge on any atom is 0.416 e. The van der Waals surface area contributed by atoms with Crippen LogP contribution in [-0.2, 0) is 6.18 Å². The van der Waals surface area contributed by atoms with Crippen molar-refractivity contribution >= 4 is 5.95 Å². The Morgan fingerprint density at radius 2 is 1.74 bits per heavy atom. The standard InChI is InChI=1S/C15H14F6N4O2/c1-7(9-4-3-5-10(6-9)15(19,20)21)22-11-23-12(26)25(13(27)24-11)8(2)14(16,17)18/h3-8H,1-2H3,(H2,22,23,24,26,27)/t7-,8-/m0/s1. The second-order valence-corrected chi connectivity index (χ2v) is 5.75. The van der Waals surface area contributed by atoms with Crippen molar-refractivity contribution in [3.8, 4) is 0 Å². The molecule has 1 aromatic carbocycles. The smallest absolute Gasteiger partial charge is 0.349 e. The number of halogens is 6. The second-order valence-electron chi connectivity index (χ2n) is 5.75. The molecule has 0 fully saturated rings. The molecule has 0 aliphatic carbocycles. The number of H-pyrrole nitrogens is 1. The molecule has 12 heteroatoms. The summed E-state index contributed by atoms with van der Waals surface area (Å²) in [5.41, 5.74) is -3.52. The molecule has 0 aliphatic heterocycles. The number of hydrogen-bond acceptors (Lipinski definition) is 4. The summed E-state index contributed by atoms with van der Waals surface area (Å²) in [5.74, 6) is -0.458. The number of aromatic amines is 1. The minimum atomic E-state index is -4.83. The van der Waals surface area contributed by atoms with Crippen molar-refractivity contribution in [1.82, 2.24) is 14.5 Å². The van der Waals surface area contributed by atoms with Gasteiger partial charge in [0.25, 0.3) is 0 Å². The van der Waals surface area contributed by atoms with Crippen LogP contribution in [0.25, 0.3) is 0 Å². The van der Waals surface area contributed by atoms with Gasteiger partial charge < -0.3 is 5.32 Å². The molecule has 2 rings (SSSR count). The van der Waals surface area contributed by atoms with Gasteiger partial charge in [0.2, 0.25) is 5.95 Å². The Kier molecular flexibility index (Phi) is 5.38. The maximum atomic E-state index is 12.8. The number of hydrogen-bond donors (Lipinski definition) is 2. The number of benzene rings is 1. The number of aromatic nitrogens is 3. The first-order valence-corrected chi connectivity index (χ1v) is 7.54. The van der Waals surface area contributed by atoms with Crippen molar-refractivity contribution in [3.63, 3.8) is 0 Å². The van der Waals surface area contributed by atoms with Crippen molar-refractivity contribution in [2.75, 3.05) is 5.32 Å². The van der Waals surface area contributed by atoms with E-state index in [2.05, 4.69) is 10.3 Å². The lowest BCUT2D eigenvalue weighted by molar-refractivity contribution is -0.164. The topological polar surface area (TPSA) is 79.8 Å². The summed E-state index contributed by atoms with van der Waals surface area (Å²) in [6, 6.07) is 1.06. The summed E-state index contributed by atoms with van der Waals surface area (Å²) in [7, 11) is 0. The second kappa shape index (κ2) is 7.08. The molecule has 2 atom stereocenters. The molecule has 0 saturated heterocycles. The Morgan fingerprint density at radius 1 is 1.11 bits per heavy atom. The predicted molar refractivity (Wildman–Crippen MR) is 83.4 cm³/mol. The Labute approximate surface area is 147 Å². The van der Waals surface area contributed by atoms with Gasteiger partial charge in [0, 0.05) is 0 Å². The van der Waals surface area contributed by atoms with E-state index in [0.29, 0.717) is 6.92 Å². The van der Waals surface area contributed by atoms with Crippen molar-refractivity contribution in [2.24, 2.45) is 0 Å². The van der Waals surface area contributed by atoms with E-state index in [9.17, 15) is 35.9 Å². The van der Waals surface area contributed by atoms with Crippen LogP contribution in [-0.4, -0.2) is 20.7 Å². The fourth-order valence-corrected chi connectivity index (χ4v) is 2.25. The van der Waals surface area contributed by atoms with E-state index in [1.54, 1.807) is 0 Å². The highest BCUT2D eigenvalue weighted by Gasteiger charge is 2.39. The number of nitrogens with one attached hydrogen (secondary N) is 2. The van der Waals surface area contributed by atoms with Crippen LogP contribution in [0.5, 0.6) is 0 Å². The number of alkyl halides is 6. The van der Waals surface area contributed by atoms with Crippen molar-refractivity contribution in [3.05, 3.63) is 56.4 Å². The molecule has 1 aromatic heterocycles. The van der Waals surface area contributed by atoms with E-state index in [1.165, 1.54) is 19.1 Å². The lowest BCUT2D eigenvalue weighted by atomic mass is 10.1. The molecule has 0 bridgehead atoms. The quantitative estimate of drug-likeness (QED) is 0.778. The number of anilines is 1. The van der Waals surface area contributed by atoms with Crippen molar-refractivity contribution in [2.45, 2.75) is 38.3 Å². The van der Waals surface area contributed by atoms with Gasteiger partial charge in [0.1, 0.15) is 6.04 Å². The van der Waals surface area contributed by atoms with E-state index in [-0.39, 0.29) is 10.1 Å². The van der Waals surface area contributed by atoms with Gasteiger partial charge in [0.15, 0.2) is 0 Å². The van der Waals surface area contributed by atoms with Gasteiger partial charge in [-0.15, -0.1) is 0 Å². The molecule has 2 N–H and O–H groups in total. The average molecular weight is 396 g/mol. The van der Waals surface area contributed by atoms with Crippen LogP contribution in [0.1, 0.15) is 37.1 Å². The molecule has 0 unspecified atom stereocenters. The van der Waals surface area contributed by atoms with E-state index >= 15 is 0 Å². The van der Waals surface area contributed by atoms with Gasteiger partial charge in [0.05, 0.1) is 11.6 Å². The average Bonchev–Trinajstić information content (AvgIpc) is 2.52. The Balaban J connectivity index is 2.31. The molecule has 0 spiro atoms. The van der Waals surface area contributed by atoms with Crippen molar-refractivity contribution < 1.29 is 26.3 Å². The van der Waals surface area contributed by atoms with Gasteiger partial charge in [-0.2, -0.15) is 31.3 Å². The lowest BCUT2D eigenvalue weighted by Gasteiger charge is -2.19. The normalized spacial score (nSPS) is 14.7. The lowest BCUT2D eigenvalue weighted by Crippen LogP contribution is -2.44. The summed E-state index contributed by atoms with van der Waals surface area (Å²) in [4.78, 5) is 28.9. The van der Waals surface area contributed by atoms with Gasteiger partial charge in [-0.3, -0.25) is 4.98 Å². The fraction of sp³-hybridized carbons (Fsp3) is 0.400. The third-order valence-corrected chi connectivity index (χ3v) is 3.79. The molecule has 0 radical (unpaired) electrons. The summed E-state index contributed by atoms with van der Waals surface area (Å²) in [5, 5.41) is 2.49. The molecule has 27 heavy (non-hydrogen) atoms. The molecule has 148 valence electrons. The minimum absolute atomic E-state index is 0.0971. The summed E-state index contributed by atoms with van der Waals surface area (Å²) in [6.45, 7) is 2.05. The van der Waals surface area contributed by atoms with E-state index in [4.69, 9.17) is 0 Å². The van der Waals surface area contributed by atoms with Crippen LogP contribution in [0.2, 0.25) is 0 Å². The highest BCUT2D eigenvalue weighted by atomic mass is 19.4. The first-order valence-electron chi connectivity index (χ1n) is 7.54. The maximum absolute atomic E-state index is 12.8. The first kappa shape index (κ1) is 20.5. The highest BCUT2D eigenvalue weighted by molar-refractivity contribution is 5.33. The molecule has 0 saturated carbocycles. The fourth-order valence-electron chi connectivity index (χ4n) is 2.25. The van der Waals surface area contributed by atoms with E-state index in [0.717, 1.165) is 12.1 Å². The molecule has 2 aromatic rings. The SMILES string of the molecule is C[C@H](Nc1nc(=O)n([C@@H](C)C(F)(F)F)c(=O)[nH]1)c1cccc(C(F)(F)F)c1. The molecular formula is C15H14F6N4O2. The largest absolute Gasteiger partial charge is 0.416 e. The number of rotatable bonds is 4. The van der Waals surface area contributed by atoms with Gasteiger partial charge in [-0.05, 0) is 31.5 Å². The summed E-state index contributed by atoms with van der Waals surface area (Å²) < 4.78 is 76.3. The molecular weight excluding hydrogens is 382 g/mol. The van der Waals surface area contributed by atoms with E-state index < -0.39 is 47.3 Å². The third-order valence-electron chi connectivity index (χ3n) is 3.79. The molecule has 6 nitrogen and oxygen atoms in total. The Bertz CT molecular complexity index is 900. The molecule has 0 aliphatic rings. The molecule has 1 heterocycles. The zero-order chi connectivity index (χ0) is 20.6. The third kappa shape index (κ3) is 4.68. The number of nitrogens with zero attached hydrogens (tertiary/aromatic N) is 2.